The van der Waals surface area contributed by atoms with Crippen LogP contribution in [0.15, 0.2) is 53.6 Å². The Kier molecular flexibility index (Phi) is 5.49. The molecule has 0 heterocycles. The van der Waals surface area contributed by atoms with Crippen LogP contribution in [0.5, 0.6) is 5.75 Å². The molecule has 0 saturated heterocycles. The van der Waals surface area contributed by atoms with E-state index in [1.807, 2.05) is 0 Å². The van der Waals surface area contributed by atoms with Crippen molar-refractivity contribution in [2.24, 2.45) is 10.9 Å². The molecular weight excluding hydrogens is 359 g/mol. The second-order valence-electron chi connectivity index (χ2n) is 4.42. The highest BCUT2D eigenvalue weighted by Crippen LogP contribution is 2.46. The third-order valence-electron chi connectivity index (χ3n) is 2.78. The second-order valence-corrected chi connectivity index (χ2v) is 7.54. The molecule has 1 atom stereocenters. The number of thiol groups is 1. The average Bonchev–Trinajstić information content (AvgIpc) is 2.48. The van der Waals surface area contributed by atoms with Gasteiger partial charge < -0.3 is 15.3 Å². The van der Waals surface area contributed by atoms with Crippen molar-refractivity contribution >= 4 is 42.1 Å². The van der Waals surface area contributed by atoms with Gasteiger partial charge in [0.1, 0.15) is 11.5 Å². The van der Waals surface area contributed by atoms with Gasteiger partial charge in [-0.1, -0.05) is 23.7 Å². The lowest BCUT2D eigenvalue weighted by molar-refractivity contribution is 0.106. The van der Waals surface area contributed by atoms with E-state index in [9.17, 15) is 9.36 Å². The molecule has 1 unspecified atom stereocenters. The Bertz CT molecular complexity index is 805. The van der Waals surface area contributed by atoms with Gasteiger partial charge in [0.25, 0.3) is 0 Å². The van der Waals surface area contributed by atoms with E-state index in [-0.39, 0.29) is 11.5 Å². The summed E-state index contributed by atoms with van der Waals surface area (Å²) in [6.07, 6.45) is 0. The maximum atomic E-state index is 12.4. The number of hydrazone groups is 1. The Labute approximate surface area is 142 Å². The van der Waals surface area contributed by atoms with Crippen LogP contribution in [0.4, 0.5) is 0 Å². The first-order chi connectivity index (χ1) is 10.8. The summed E-state index contributed by atoms with van der Waals surface area (Å²) in [5.41, 5.74) is 0.797. The molecule has 0 fully saturated rings. The second kappa shape index (κ2) is 7.19. The van der Waals surface area contributed by atoms with E-state index in [2.05, 4.69) is 17.4 Å². The molecule has 0 saturated carbocycles. The van der Waals surface area contributed by atoms with Gasteiger partial charge in [0, 0.05) is 16.1 Å². The molecule has 2 rings (SSSR count). The zero-order chi connectivity index (χ0) is 17.0. The molecule has 23 heavy (non-hydrogen) atoms. The van der Waals surface area contributed by atoms with Crippen LogP contribution in [0, 0.1) is 0 Å². The monoisotopic (exact) mass is 370 g/mol. The van der Waals surface area contributed by atoms with Crippen LogP contribution in [0.25, 0.3) is 0 Å². The normalized spacial score (nSPS) is 14.1. The summed E-state index contributed by atoms with van der Waals surface area (Å²) in [7, 11) is 0. The molecule has 0 aliphatic carbocycles. The summed E-state index contributed by atoms with van der Waals surface area (Å²) in [5.74, 6) is 5.06. The van der Waals surface area contributed by atoms with Crippen LogP contribution in [-0.2, 0) is 4.57 Å². The lowest BCUT2D eigenvalue weighted by atomic mass is 10.0. The predicted molar refractivity (Wildman–Crippen MR) is 92.4 cm³/mol. The van der Waals surface area contributed by atoms with Gasteiger partial charge in [0.2, 0.25) is 5.78 Å². The zero-order valence-corrected chi connectivity index (χ0v) is 14.1. The molecule has 0 bridgehead atoms. The number of hydrogen-bond donors (Lipinski definition) is 3. The zero-order valence-electron chi connectivity index (χ0n) is 11.6. The van der Waals surface area contributed by atoms with Crippen molar-refractivity contribution in [3.63, 3.8) is 0 Å². The molecule has 0 aromatic heterocycles. The Morgan fingerprint density at radius 1 is 1.22 bits per heavy atom. The van der Waals surface area contributed by atoms with Gasteiger partial charge in [-0.15, -0.1) is 0 Å². The van der Waals surface area contributed by atoms with Crippen molar-refractivity contribution in [2.45, 2.75) is 0 Å². The third-order valence-corrected chi connectivity index (χ3v) is 3.71. The van der Waals surface area contributed by atoms with Gasteiger partial charge in [-0.3, -0.25) is 4.79 Å². The van der Waals surface area contributed by atoms with Gasteiger partial charge in [0.05, 0.1) is 0 Å². The average molecular weight is 371 g/mol. The number of Topliss-reactive ketones (excluding diaryl/α,β-unsaturated/α-hetero) is 1. The fourth-order valence-electron chi connectivity index (χ4n) is 1.84. The first kappa shape index (κ1) is 17.6. The molecule has 120 valence electrons. The number of halogens is 1. The smallest absolute Gasteiger partial charge is 0.417 e. The van der Waals surface area contributed by atoms with Gasteiger partial charge in [0.15, 0.2) is 0 Å². The van der Waals surface area contributed by atoms with E-state index in [4.69, 9.17) is 26.9 Å². The van der Waals surface area contributed by atoms with E-state index < -0.39 is 12.6 Å². The van der Waals surface area contributed by atoms with Crippen molar-refractivity contribution in [2.75, 3.05) is 0 Å². The number of nitrogens with two attached hydrogens (primary N) is 1. The summed E-state index contributed by atoms with van der Waals surface area (Å²) in [6.45, 7) is -3.95. The molecule has 2 aromatic carbocycles. The Hall–Kier alpha value is -1.79. The third kappa shape index (κ3) is 4.84. The predicted octanol–water partition coefficient (Wildman–Crippen LogP) is 3.29. The van der Waals surface area contributed by atoms with Crippen LogP contribution in [0.2, 0.25) is 5.02 Å². The molecule has 2 aromatic rings. The van der Waals surface area contributed by atoms with E-state index >= 15 is 0 Å². The minimum absolute atomic E-state index is 0.0249. The molecule has 0 amide bonds. The highest BCUT2D eigenvalue weighted by molar-refractivity contribution is 8.44. The standard InChI is InChI=1S/C14H12ClN2O4PS/c15-11-3-1-2-10(8-11)14(18)13(17-16)9-4-6-12(7-5-9)21-22(19,20)23/h1-8H,16H2,(H2,19,20,23)/b17-13+. The van der Waals surface area contributed by atoms with E-state index in [1.54, 1.807) is 18.2 Å². The molecule has 6 nitrogen and oxygen atoms in total. The molecule has 3 N–H and O–H groups in total. The van der Waals surface area contributed by atoms with Crippen LogP contribution in [0.1, 0.15) is 15.9 Å². The van der Waals surface area contributed by atoms with Crippen molar-refractivity contribution in [3.8, 4) is 5.75 Å². The lowest BCUT2D eigenvalue weighted by Gasteiger charge is -2.09. The number of ketones is 1. The van der Waals surface area contributed by atoms with Crippen molar-refractivity contribution in [1.82, 2.24) is 0 Å². The summed E-state index contributed by atoms with van der Waals surface area (Å²) < 4.78 is 15.8. The summed E-state index contributed by atoms with van der Waals surface area (Å²) >= 11 is 9.29. The minimum atomic E-state index is -3.95. The summed E-state index contributed by atoms with van der Waals surface area (Å²) in [4.78, 5) is 21.5. The number of carbonyl (C=O) groups excluding carboxylic acids is 1. The number of hydrogen-bond acceptors (Lipinski definition) is 5. The molecule has 0 spiro atoms. The summed E-state index contributed by atoms with van der Waals surface area (Å²) in [5, 5.41) is 3.95. The molecule has 0 radical (unpaired) electrons. The van der Waals surface area contributed by atoms with Gasteiger partial charge in [-0.2, -0.15) is 5.10 Å². The highest BCUT2D eigenvalue weighted by Gasteiger charge is 2.18. The molecule has 0 aliphatic rings. The Balaban J connectivity index is 2.28. The Morgan fingerprint density at radius 2 is 1.87 bits per heavy atom. The number of carbonyl (C=O) groups is 1. The van der Waals surface area contributed by atoms with Crippen LogP contribution < -0.4 is 10.4 Å². The maximum absolute atomic E-state index is 12.4. The topological polar surface area (TPSA) is 102 Å². The van der Waals surface area contributed by atoms with Gasteiger partial charge >= 0.3 is 6.80 Å². The lowest BCUT2D eigenvalue weighted by Crippen LogP contribution is -2.17. The fourth-order valence-corrected chi connectivity index (χ4v) is 2.71. The van der Waals surface area contributed by atoms with Crippen molar-refractivity contribution < 1.29 is 18.8 Å². The number of rotatable bonds is 5. The molecular formula is C14H12ClN2O4PS. The maximum Gasteiger partial charge on any atom is 0.434 e. The van der Waals surface area contributed by atoms with E-state index in [0.29, 0.717) is 16.1 Å². The van der Waals surface area contributed by atoms with Gasteiger partial charge in [-0.05, 0) is 48.6 Å². The van der Waals surface area contributed by atoms with Crippen molar-refractivity contribution in [1.29, 1.82) is 0 Å². The van der Waals surface area contributed by atoms with Crippen LogP contribution >= 0.6 is 30.6 Å². The number of nitrogens with zero attached hydrogens (tertiary/aromatic N) is 1. The SMILES string of the molecule is N/N=C(/C(=O)c1cccc(Cl)c1)c1ccc(OP(=O)(O)S)cc1. The highest BCUT2D eigenvalue weighted by atomic mass is 35.5. The number of benzene rings is 2. The van der Waals surface area contributed by atoms with E-state index in [0.717, 1.165) is 0 Å². The first-order valence-electron chi connectivity index (χ1n) is 6.24. The van der Waals surface area contributed by atoms with E-state index in [1.165, 1.54) is 30.3 Å². The quantitative estimate of drug-likeness (QED) is 0.187. The van der Waals surface area contributed by atoms with Crippen LogP contribution in [0.3, 0.4) is 0 Å². The molecule has 0 aliphatic heterocycles. The first-order valence-corrected chi connectivity index (χ1v) is 9.35. The Morgan fingerprint density at radius 3 is 2.39 bits per heavy atom. The minimum Gasteiger partial charge on any atom is -0.417 e. The fraction of sp³-hybridized carbons (Fsp3) is 0. The summed E-state index contributed by atoms with van der Waals surface area (Å²) in [6, 6.07) is 12.2. The van der Waals surface area contributed by atoms with Crippen LogP contribution in [-0.4, -0.2) is 16.4 Å². The van der Waals surface area contributed by atoms with Gasteiger partial charge in [-0.25, -0.2) is 4.57 Å². The molecule has 9 heteroatoms. The van der Waals surface area contributed by atoms with Crippen molar-refractivity contribution in [3.05, 3.63) is 64.7 Å². The largest absolute Gasteiger partial charge is 0.434 e.